The fourth-order valence-electron chi connectivity index (χ4n) is 3.17. The lowest BCUT2D eigenvalue weighted by Gasteiger charge is -2.27. The maximum absolute atomic E-state index is 13.0. The number of hydrogen-bond acceptors (Lipinski definition) is 5. The minimum absolute atomic E-state index is 0.0397. The molecule has 0 radical (unpaired) electrons. The number of aromatic nitrogens is 2. The molecule has 1 aliphatic heterocycles. The van der Waals surface area contributed by atoms with E-state index in [1.54, 1.807) is 36.9 Å². The molecule has 2 aromatic rings. The number of benzene rings is 1. The summed E-state index contributed by atoms with van der Waals surface area (Å²) in [6.45, 7) is 3.24. The number of carbonyl (C=O) groups is 1. The van der Waals surface area contributed by atoms with Crippen LogP contribution in [0.1, 0.15) is 35.4 Å². The predicted molar refractivity (Wildman–Crippen MR) is 94.1 cm³/mol. The molecule has 8 heteroatoms. The molecule has 0 saturated carbocycles. The number of anilines is 2. The van der Waals surface area contributed by atoms with Crippen LogP contribution in [0.3, 0.4) is 0 Å². The number of piperidine rings is 1. The van der Waals surface area contributed by atoms with Gasteiger partial charge in [-0.15, -0.1) is 0 Å². The quantitative estimate of drug-likeness (QED) is 0.680. The fraction of sp³-hybridized carbons (Fsp3) is 0.412. The highest BCUT2D eigenvalue weighted by molar-refractivity contribution is 5.99. The number of rotatable bonds is 4. The molecule has 3 rings (SSSR count). The van der Waals surface area contributed by atoms with Crippen LogP contribution in [0.25, 0.3) is 0 Å². The zero-order valence-electron chi connectivity index (χ0n) is 14.4. The summed E-state index contributed by atoms with van der Waals surface area (Å²) in [5.74, 6) is -0.0936. The SMILES string of the molecule is Cc1nn(C)c(C(=O)N2CCCCC2)c1Nc1ccccc1[N+](=O)[O-]. The van der Waals surface area contributed by atoms with Crippen molar-refractivity contribution in [2.24, 2.45) is 7.05 Å². The van der Waals surface area contributed by atoms with Crippen molar-refractivity contribution in [2.45, 2.75) is 26.2 Å². The summed E-state index contributed by atoms with van der Waals surface area (Å²) in [4.78, 5) is 25.6. The minimum atomic E-state index is -0.444. The second-order valence-electron chi connectivity index (χ2n) is 6.18. The van der Waals surface area contributed by atoms with Crippen LogP contribution in [-0.2, 0) is 7.05 Å². The van der Waals surface area contributed by atoms with Gasteiger partial charge in [0.15, 0.2) is 0 Å². The number of para-hydroxylation sites is 2. The van der Waals surface area contributed by atoms with Gasteiger partial charge in [0.25, 0.3) is 11.6 Å². The van der Waals surface area contributed by atoms with Gasteiger partial charge in [0.1, 0.15) is 11.4 Å². The molecular weight excluding hydrogens is 322 g/mol. The number of nitro groups is 1. The second kappa shape index (κ2) is 6.92. The van der Waals surface area contributed by atoms with Crippen LogP contribution >= 0.6 is 0 Å². The van der Waals surface area contributed by atoms with Crippen molar-refractivity contribution < 1.29 is 9.72 Å². The molecule has 0 spiro atoms. The Labute approximate surface area is 145 Å². The lowest BCUT2D eigenvalue weighted by Crippen LogP contribution is -2.36. The van der Waals surface area contributed by atoms with Crippen molar-refractivity contribution in [2.75, 3.05) is 18.4 Å². The molecule has 25 heavy (non-hydrogen) atoms. The minimum Gasteiger partial charge on any atom is -0.346 e. The molecule has 1 amide bonds. The Balaban J connectivity index is 1.97. The maximum atomic E-state index is 13.0. The van der Waals surface area contributed by atoms with Gasteiger partial charge >= 0.3 is 0 Å². The second-order valence-corrected chi connectivity index (χ2v) is 6.18. The Hall–Kier alpha value is -2.90. The smallest absolute Gasteiger partial charge is 0.292 e. The van der Waals surface area contributed by atoms with E-state index in [2.05, 4.69) is 10.4 Å². The van der Waals surface area contributed by atoms with E-state index in [1.165, 1.54) is 6.07 Å². The molecule has 1 fully saturated rings. The van der Waals surface area contributed by atoms with Crippen LogP contribution in [0.5, 0.6) is 0 Å². The number of nitrogens with zero attached hydrogens (tertiary/aromatic N) is 4. The molecule has 1 N–H and O–H groups in total. The van der Waals surface area contributed by atoms with Crippen molar-refractivity contribution in [1.29, 1.82) is 0 Å². The van der Waals surface area contributed by atoms with Gasteiger partial charge in [-0.05, 0) is 32.3 Å². The normalized spacial score (nSPS) is 14.4. The number of likely N-dealkylation sites (tertiary alicyclic amines) is 1. The zero-order valence-corrected chi connectivity index (χ0v) is 14.4. The van der Waals surface area contributed by atoms with Gasteiger partial charge in [-0.1, -0.05) is 12.1 Å². The van der Waals surface area contributed by atoms with E-state index in [-0.39, 0.29) is 11.6 Å². The summed E-state index contributed by atoms with van der Waals surface area (Å²) < 4.78 is 1.55. The molecule has 0 aliphatic carbocycles. The molecule has 1 aromatic heterocycles. The van der Waals surface area contributed by atoms with Crippen molar-refractivity contribution in [3.05, 3.63) is 45.8 Å². The summed E-state index contributed by atoms with van der Waals surface area (Å²) in [6, 6.07) is 6.38. The number of amides is 1. The zero-order chi connectivity index (χ0) is 18.0. The van der Waals surface area contributed by atoms with Gasteiger partial charge in [-0.25, -0.2) is 0 Å². The molecule has 1 aromatic carbocycles. The number of aryl methyl sites for hydroxylation is 2. The molecular formula is C17H21N5O3. The number of nitro benzene ring substituents is 1. The molecule has 0 atom stereocenters. The largest absolute Gasteiger partial charge is 0.346 e. The van der Waals surface area contributed by atoms with E-state index >= 15 is 0 Å². The molecule has 1 saturated heterocycles. The van der Waals surface area contributed by atoms with Crippen LogP contribution < -0.4 is 5.32 Å². The Morgan fingerprint density at radius 2 is 1.92 bits per heavy atom. The molecule has 8 nitrogen and oxygen atoms in total. The van der Waals surface area contributed by atoms with Gasteiger partial charge in [0.05, 0.1) is 16.3 Å². The Kier molecular flexibility index (Phi) is 4.69. The van der Waals surface area contributed by atoms with Crippen LogP contribution in [0, 0.1) is 17.0 Å². The summed E-state index contributed by atoms with van der Waals surface area (Å²) in [5, 5.41) is 18.6. The maximum Gasteiger partial charge on any atom is 0.292 e. The lowest BCUT2D eigenvalue weighted by molar-refractivity contribution is -0.383. The summed E-state index contributed by atoms with van der Waals surface area (Å²) in [5.41, 5.74) is 1.88. The van der Waals surface area contributed by atoms with Crippen LogP contribution in [0.4, 0.5) is 17.1 Å². The number of nitrogens with one attached hydrogen (secondary N) is 1. The van der Waals surface area contributed by atoms with Crippen LogP contribution in [0.2, 0.25) is 0 Å². The van der Waals surface area contributed by atoms with E-state index in [1.807, 2.05) is 4.90 Å². The Bertz CT molecular complexity index is 809. The summed E-state index contributed by atoms with van der Waals surface area (Å²) in [7, 11) is 1.72. The first-order chi connectivity index (χ1) is 12.0. The molecule has 0 unspecified atom stereocenters. The van der Waals surface area contributed by atoms with Crippen molar-refractivity contribution in [3.63, 3.8) is 0 Å². The third-order valence-corrected chi connectivity index (χ3v) is 4.43. The van der Waals surface area contributed by atoms with Gasteiger partial charge in [-0.3, -0.25) is 19.6 Å². The third kappa shape index (κ3) is 3.33. The van der Waals surface area contributed by atoms with Gasteiger partial charge in [-0.2, -0.15) is 5.10 Å². The standard InChI is InChI=1S/C17H21N5O3/c1-12-15(18-13-8-4-5-9-14(13)22(24)25)16(20(2)19-12)17(23)21-10-6-3-7-11-21/h4-5,8-9,18H,3,6-7,10-11H2,1-2H3. The third-order valence-electron chi connectivity index (χ3n) is 4.43. The first-order valence-electron chi connectivity index (χ1n) is 8.32. The van der Waals surface area contributed by atoms with E-state index in [0.717, 1.165) is 32.4 Å². The highest BCUT2D eigenvalue weighted by atomic mass is 16.6. The van der Waals surface area contributed by atoms with Gasteiger partial charge in [0, 0.05) is 26.2 Å². The van der Waals surface area contributed by atoms with Gasteiger partial charge < -0.3 is 10.2 Å². The average molecular weight is 343 g/mol. The average Bonchev–Trinajstić information content (AvgIpc) is 2.89. The van der Waals surface area contributed by atoms with E-state index < -0.39 is 4.92 Å². The molecule has 1 aliphatic rings. The topological polar surface area (TPSA) is 93.3 Å². The van der Waals surface area contributed by atoms with Crippen molar-refractivity contribution >= 4 is 23.0 Å². The van der Waals surface area contributed by atoms with E-state index in [9.17, 15) is 14.9 Å². The molecule has 2 heterocycles. The number of hydrogen-bond donors (Lipinski definition) is 1. The highest BCUT2D eigenvalue weighted by Crippen LogP contribution is 2.31. The van der Waals surface area contributed by atoms with E-state index in [0.29, 0.717) is 22.8 Å². The fourth-order valence-corrected chi connectivity index (χ4v) is 3.17. The Morgan fingerprint density at radius 3 is 2.60 bits per heavy atom. The van der Waals surface area contributed by atoms with E-state index in [4.69, 9.17) is 0 Å². The van der Waals surface area contributed by atoms with Crippen molar-refractivity contribution in [3.8, 4) is 0 Å². The molecule has 132 valence electrons. The van der Waals surface area contributed by atoms with Crippen LogP contribution in [-0.4, -0.2) is 38.6 Å². The highest BCUT2D eigenvalue weighted by Gasteiger charge is 2.27. The molecule has 0 bridgehead atoms. The first kappa shape index (κ1) is 16.9. The summed E-state index contributed by atoms with van der Waals surface area (Å²) in [6.07, 6.45) is 3.13. The monoisotopic (exact) mass is 343 g/mol. The van der Waals surface area contributed by atoms with Gasteiger partial charge in [0.2, 0.25) is 0 Å². The lowest BCUT2D eigenvalue weighted by atomic mass is 10.1. The summed E-state index contributed by atoms with van der Waals surface area (Å²) >= 11 is 0. The first-order valence-corrected chi connectivity index (χ1v) is 8.32. The van der Waals surface area contributed by atoms with Crippen LogP contribution in [0.15, 0.2) is 24.3 Å². The predicted octanol–water partition coefficient (Wildman–Crippen LogP) is 3.01. The van der Waals surface area contributed by atoms with Crippen molar-refractivity contribution in [1.82, 2.24) is 14.7 Å². The number of carbonyl (C=O) groups excluding carboxylic acids is 1. The Morgan fingerprint density at radius 1 is 1.24 bits per heavy atom.